The first-order valence-electron chi connectivity index (χ1n) is 6.96. The molecular formula is C17H16Br2N2OS. The molecule has 0 radical (unpaired) electrons. The van der Waals surface area contributed by atoms with Gasteiger partial charge in [0.05, 0.1) is 11.5 Å². The van der Waals surface area contributed by atoms with Crippen molar-refractivity contribution in [2.45, 2.75) is 12.7 Å². The highest BCUT2D eigenvalue weighted by Gasteiger charge is 2.04. The number of hydrogen-bond acceptors (Lipinski definition) is 3. The number of rotatable bonds is 6. The molecule has 2 rings (SSSR count). The number of amides is 1. The van der Waals surface area contributed by atoms with Gasteiger partial charge in [0.25, 0.3) is 0 Å². The Balaban J connectivity index is 1.81. The van der Waals surface area contributed by atoms with Crippen LogP contribution in [0.5, 0.6) is 0 Å². The summed E-state index contributed by atoms with van der Waals surface area (Å²) in [6, 6.07) is 15.8. The number of halogens is 2. The van der Waals surface area contributed by atoms with Crippen molar-refractivity contribution in [3.05, 3.63) is 68.6 Å². The van der Waals surface area contributed by atoms with Crippen LogP contribution in [0.1, 0.15) is 18.1 Å². The molecule has 23 heavy (non-hydrogen) atoms. The summed E-state index contributed by atoms with van der Waals surface area (Å²) in [4.78, 5) is 11.9. The van der Waals surface area contributed by atoms with Crippen molar-refractivity contribution in [1.29, 1.82) is 0 Å². The summed E-state index contributed by atoms with van der Waals surface area (Å²) in [5.41, 5.74) is 5.53. The van der Waals surface area contributed by atoms with Gasteiger partial charge in [-0.3, -0.25) is 4.79 Å². The zero-order valence-electron chi connectivity index (χ0n) is 12.6. The Bertz CT molecular complexity index is 719. The van der Waals surface area contributed by atoms with Crippen LogP contribution in [0.2, 0.25) is 0 Å². The Labute approximate surface area is 157 Å². The maximum atomic E-state index is 11.9. The molecule has 0 aliphatic rings. The fourth-order valence-corrected chi connectivity index (χ4v) is 3.66. The quantitative estimate of drug-likeness (QED) is 0.492. The van der Waals surface area contributed by atoms with Crippen LogP contribution in [0.15, 0.2) is 62.6 Å². The lowest BCUT2D eigenvalue weighted by molar-refractivity contribution is -0.118. The molecule has 1 amide bonds. The number of hydrogen-bond donors (Lipinski definition) is 1. The van der Waals surface area contributed by atoms with Gasteiger partial charge in [-0.1, -0.05) is 62.2 Å². The standard InChI is InChI=1S/C17H16Br2N2OS/c1-12(13-6-4-7-15(18)9-13)20-21-17(22)11-23-10-14-5-2-3-8-16(14)19/h2-9H,10-11H2,1H3,(H,21,22)/b20-12-. The van der Waals surface area contributed by atoms with Gasteiger partial charge in [0.15, 0.2) is 0 Å². The van der Waals surface area contributed by atoms with Gasteiger partial charge in [0.1, 0.15) is 0 Å². The van der Waals surface area contributed by atoms with Crippen LogP contribution in [0, 0.1) is 0 Å². The van der Waals surface area contributed by atoms with Crippen LogP contribution < -0.4 is 5.43 Å². The van der Waals surface area contributed by atoms with Crippen LogP contribution in [-0.2, 0) is 10.5 Å². The summed E-state index contributed by atoms with van der Waals surface area (Å²) in [5.74, 6) is 1.05. The van der Waals surface area contributed by atoms with Crippen LogP contribution in [-0.4, -0.2) is 17.4 Å². The fourth-order valence-electron chi connectivity index (χ4n) is 1.83. The van der Waals surface area contributed by atoms with Crippen molar-refractivity contribution >= 4 is 55.2 Å². The number of nitrogens with zero attached hydrogens (tertiary/aromatic N) is 1. The van der Waals surface area contributed by atoms with Gasteiger partial charge in [-0.15, -0.1) is 11.8 Å². The van der Waals surface area contributed by atoms with Gasteiger partial charge >= 0.3 is 0 Å². The van der Waals surface area contributed by atoms with Gasteiger partial charge in [0.2, 0.25) is 5.91 Å². The highest BCUT2D eigenvalue weighted by Crippen LogP contribution is 2.21. The summed E-state index contributed by atoms with van der Waals surface area (Å²) in [6.45, 7) is 1.87. The summed E-state index contributed by atoms with van der Waals surface area (Å²) in [7, 11) is 0. The molecule has 1 N–H and O–H groups in total. The zero-order chi connectivity index (χ0) is 16.7. The van der Waals surface area contributed by atoms with Crippen molar-refractivity contribution < 1.29 is 4.79 Å². The molecule has 2 aromatic carbocycles. The molecule has 0 bridgehead atoms. The molecule has 0 aromatic heterocycles. The summed E-state index contributed by atoms with van der Waals surface area (Å²) in [6.07, 6.45) is 0. The summed E-state index contributed by atoms with van der Waals surface area (Å²) < 4.78 is 2.05. The number of benzene rings is 2. The maximum Gasteiger partial charge on any atom is 0.250 e. The van der Waals surface area contributed by atoms with E-state index in [9.17, 15) is 4.79 Å². The molecule has 120 valence electrons. The van der Waals surface area contributed by atoms with E-state index in [1.54, 1.807) is 11.8 Å². The number of nitrogens with one attached hydrogen (secondary N) is 1. The van der Waals surface area contributed by atoms with Crippen molar-refractivity contribution in [3.8, 4) is 0 Å². The highest BCUT2D eigenvalue weighted by atomic mass is 79.9. The molecule has 6 heteroatoms. The fraction of sp³-hybridized carbons (Fsp3) is 0.176. The normalized spacial score (nSPS) is 11.3. The number of carbonyl (C=O) groups is 1. The molecule has 0 unspecified atom stereocenters. The molecule has 0 atom stereocenters. The molecule has 0 aliphatic heterocycles. The van der Waals surface area contributed by atoms with Crippen molar-refractivity contribution in [1.82, 2.24) is 5.43 Å². The van der Waals surface area contributed by atoms with E-state index >= 15 is 0 Å². The van der Waals surface area contributed by atoms with Crippen LogP contribution in [0.4, 0.5) is 0 Å². The predicted octanol–water partition coefficient (Wildman–Crippen LogP) is 4.99. The van der Waals surface area contributed by atoms with Crippen molar-refractivity contribution in [2.75, 3.05) is 5.75 Å². The Morgan fingerprint density at radius 3 is 2.70 bits per heavy atom. The van der Waals surface area contributed by atoms with Gasteiger partial charge in [-0.05, 0) is 36.2 Å². The first-order chi connectivity index (χ1) is 11.1. The van der Waals surface area contributed by atoms with Crippen LogP contribution >= 0.6 is 43.6 Å². The minimum Gasteiger partial charge on any atom is -0.272 e. The molecule has 0 heterocycles. The molecule has 0 saturated heterocycles. The van der Waals surface area contributed by atoms with E-state index in [1.165, 1.54) is 5.56 Å². The highest BCUT2D eigenvalue weighted by molar-refractivity contribution is 9.10. The lowest BCUT2D eigenvalue weighted by atomic mass is 10.1. The largest absolute Gasteiger partial charge is 0.272 e. The van der Waals surface area contributed by atoms with E-state index in [1.807, 2.05) is 55.5 Å². The second-order valence-electron chi connectivity index (χ2n) is 4.83. The van der Waals surface area contributed by atoms with E-state index in [-0.39, 0.29) is 5.91 Å². The average Bonchev–Trinajstić information content (AvgIpc) is 2.54. The Kier molecular flexibility index (Phi) is 7.33. The van der Waals surface area contributed by atoms with E-state index in [0.29, 0.717) is 5.75 Å². The van der Waals surface area contributed by atoms with Gasteiger partial charge in [-0.2, -0.15) is 5.10 Å². The zero-order valence-corrected chi connectivity index (χ0v) is 16.5. The maximum absolute atomic E-state index is 11.9. The van der Waals surface area contributed by atoms with Gasteiger partial charge in [0, 0.05) is 14.7 Å². The van der Waals surface area contributed by atoms with E-state index in [0.717, 1.165) is 26.0 Å². The third kappa shape index (κ3) is 6.12. The Morgan fingerprint density at radius 2 is 1.96 bits per heavy atom. The second-order valence-corrected chi connectivity index (χ2v) is 7.58. The van der Waals surface area contributed by atoms with Gasteiger partial charge in [-0.25, -0.2) is 5.43 Å². The minimum atomic E-state index is -0.101. The molecule has 0 spiro atoms. The van der Waals surface area contributed by atoms with Crippen molar-refractivity contribution in [3.63, 3.8) is 0 Å². The monoisotopic (exact) mass is 454 g/mol. The third-order valence-corrected chi connectivity index (χ3v) is 5.29. The summed E-state index contributed by atoms with van der Waals surface area (Å²) in [5, 5.41) is 4.15. The topological polar surface area (TPSA) is 41.5 Å². The molecule has 0 aliphatic carbocycles. The number of hydrazone groups is 1. The molecule has 3 nitrogen and oxygen atoms in total. The van der Waals surface area contributed by atoms with E-state index in [4.69, 9.17) is 0 Å². The Hall–Kier alpha value is -1.11. The third-order valence-electron chi connectivity index (χ3n) is 3.04. The summed E-state index contributed by atoms with van der Waals surface area (Å²) >= 11 is 8.49. The lowest BCUT2D eigenvalue weighted by Crippen LogP contribution is -2.21. The molecule has 2 aromatic rings. The predicted molar refractivity (Wildman–Crippen MR) is 105 cm³/mol. The van der Waals surface area contributed by atoms with Crippen LogP contribution in [0.3, 0.4) is 0 Å². The molecular weight excluding hydrogens is 440 g/mol. The first-order valence-corrected chi connectivity index (χ1v) is 9.70. The average molecular weight is 456 g/mol. The lowest BCUT2D eigenvalue weighted by Gasteiger charge is -2.05. The van der Waals surface area contributed by atoms with E-state index in [2.05, 4.69) is 42.4 Å². The van der Waals surface area contributed by atoms with Gasteiger partial charge < -0.3 is 0 Å². The first kappa shape index (κ1) is 18.2. The second kappa shape index (κ2) is 9.25. The SMILES string of the molecule is C/C(=N/NC(=O)CSCc1ccccc1Br)c1cccc(Br)c1. The molecule has 0 fully saturated rings. The minimum absolute atomic E-state index is 0.101. The van der Waals surface area contributed by atoms with E-state index < -0.39 is 0 Å². The molecule has 0 saturated carbocycles. The smallest absolute Gasteiger partial charge is 0.250 e. The number of thioether (sulfide) groups is 1. The van der Waals surface area contributed by atoms with Crippen molar-refractivity contribution in [2.24, 2.45) is 5.10 Å². The number of carbonyl (C=O) groups excluding carboxylic acids is 1. The Morgan fingerprint density at radius 1 is 1.17 bits per heavy atom. The van der Waals surface area contributed by atoms with Crippen LogP contribution in [0.25, 0.3) is 0 Å².